The highest BCUT2D eigenvalue weighted by Gasteiger charge is 2.13. The third kappa shape index (κ3) is 3.70. The van der Waals surface area contributed by atoms with Crippen LogP contribution in [-0.4, -0.2) is 25.5 Å². The zero-order chi connectivity index (χ0) is 13.8. The number of aromatic nitrogens is 4. The van der Waals surface area contributed by atoms with Crippen LogP contribution < -0.4 is 0 Å². The Morgan fingerprint density at radius 3 is 2.89 bits per heavy atom. The van der Waals surface area contributed by atoms with Gasteiger partial charge in [-0.3, -0.25) is 9.78 Å². The first-order chi connectivity index (χ1) is 9.06. The first-order valence-corrected chi connectivity index (χ1v) is 6.86. The van der Waals surface area contributed by atoms with Crippen molar-refractivity contribution >= 4 is 21.7 Å². The highest BCUT2D eigenvalue weighted by Crippen LogP contribution is 2.12. The van der Waals surface area contributed by atoms with Crippen LogP contribution >= 0.6 is 15.9 Å². The molecule has 0 aliphatic carbocycles. The minimum Gasteiger partial charge on any atom is -0.294 e. The number of Topliss-reactive ketones (excluding diaryl/α,β-unsaturated/α-hetero) is 1. The Hall–Kier alpha value is -1.56. The maximum Gasteiger partial charge on any atom is 0.172 e. The molecule has 0 atom stereocenters. The fraction of sp³-hybridized carbons (Fsp3) is 0.385. The van der Waals surface area contributed by atoms with Crippen LogP contribution in [0.15, 0.2) is 29.3 Å². The van der Waals surface area contributed by atoms with Gasteiger partial charge in [0.2, 0.25) is 0 Å². The molecule has 0 unspecified atom stereocenters. The molecule has 0 spiro atoms. The molecule has 2 rings (SSSR count). The van der Waals surface area contributed by atoms with Crippen molar-refractivity contribution < 1.29 is 4.79 Å². The predicted octanol–water partition coefficient (Wildman–Crippen LogP) is 2.52. The van der Waals surface area contributed by atoms with Gasteiger partial charge in [-0.1, -0.05) is 13.8 Å². The molecule has 0 saturated carbocycles. The van der Waals surface area contributed by atoms with Crippen molar-refractivity contribution in [2.75, 3.05) is 0 Å². The number of hydrogen-bond acceptors (Lipinski definition) is 4. The summed E-state index contributed by atoms with van der Waals surface area (Å²) >= 11 is 3.31. The number of carbonyl (C=O) groups excluding carboxylic acids is 1. The summed E-state index contributed by atoms with van der Waals surface area (Å²) in [6, 6.07) is 1.76. The van der Waals surface area contributed by atoms with Crippen molar-refractivity contribution in [2.24, 2.45) is 5.92 Å². The van der Waals surface area contributed by atoms with Crippen molar-refractivity contribution in [2.45, 2.75) is 26.8 Å². The summed E-state index contributed by atoms with van der Waals surface area (Å²) in [4.78, 5) is 20.3. The van der Waals surface area contributed by atoms with E-state index < -0.39 is 0 Å². The lowest BCUT2D eigenvalue weighted by molar-refractivity contribution is 0.0988. The zero-order valence-corrected chi connectivity index (χ0v) is 12.5. The molecule has 100 valence electrons. The van der Waals surface area contributed by atoms with Gasteiger partial charge in [0.15, 0.2) is 5.78 Å². The van der Waals surface area contributed by atoms with Crippen molar-refractivity contribution in [1.82, 2.24) is 19.7 Å². The Bertz CT molecular complexity index is 580. The molecule has 5 nitrogen and oxygen atoms in total. The Balaban J connectivity index is 2.13. The lowest BCUT2D eigenvalue weighted by Gasteiger charge is -2.08. The average molecular weight is 323 g/mol. The molecule has 0 fully saturated rings. The summed E-state index contributed by atoms with van der Waals surface area (Å²) in [5.41, 5.74) is 0.577. The van der Waals surface area contributed by atoms with Gasteiger partial charge in [-0.15, -0.1) is 0 Å². The smallest absolute Gasteiger partial charge is 0.172 e. The monoisotopic (exact) mass is 322 g/mol. The summed E-state index contributed by atoms with van der Waals surface area (Å²) in [5, 5.41) is 4.15. The van der Waals surface area contributed by atoms with Crippen LogP contribution in [0.25, 0.3) is 0 Å². The molecule has 0 aliphatic rings. The number of pyridine rings is 1. The normalized spacial score (nSPS) is 10.9. The van der Waals surface area contributed by atoms with Crippen molar-refractivity contribution in [3.8, 4) is 0 Å². The van der Waals surface area contributed by atoms with E-state index in [-0.39, 0.29) is 12.2 Å². The van der Waals surface area contributed by atoms with Crippen molar-refractivity contribution in [1.29, 1.82) is 0 Å². The first-order valence-electron chi connectivity index (χ1n) is 6.06. The fourth-order valence-corrected chi connectivity index (χ4v) is 2.10. The molecule has 2 heterocycles. The van der Waals surface area contributed by atoms with Crippen LogP contribution in [0.3, 0.4) is 0 Å². The molecule has 6 heteroatoms. The van der Waals surface area contributed by atoms with Gasteiger partial charge in [0.05, 0.1) is 6.42 Å². The summed E-state index contributed by atoms with van der Waals surface area (Å²) in [5.74, 6) is 1.15. The predicted molar refractivity (Wildman–Crippen MR) is 74.8 cm³/mol. The molecule has 0 N–H and O–H groups in total. The second-order valence-corrected chi connectivity index (χ2v) is 5.66. The standard InChI is InChI=1S/C13H15BrN4O/c1-9(2)7-18-13(16-8-17-18)4-12(19)10-3-11(14)6-15-5-10/h3,5-6,8-9H,4,7H2,1-2H3. The van der Waals surface area contributed by atoms with Crippen LogP contribution in [-0.2, 0) is 13.0 Å². The zero-order valence-electron chi connectivity index (χ0n) is 10.9. The highest BCUT2D eigenvalue weighted by atomic mass is 79.9. The largest absolute Gasteiger partial charge is 0.294 e. The van der Waals surface area contributed by atoms with Gasteiger partial charge in [-0.2, -0.15) is 5.10 Å². The number of halogens is 1. The Morgan fingerprint density at radius 1 is 1.42 bits per heavy atom. The van der Waals surface area contributed by atoms with E-state index in [0.717, 1.165) is 11.0 Å². The summed E-state index contributed by atoms with van der Waals surface area (Å²) in [6.45, 7) is 4.97. The number of hydrogen-bond donors (Lipinski definition) is 0. The fourth-order valence-electron chi connectivity index (χ4n) is 1.73. The van der Waals surface area contributed by atoms with Crippen LogP contribution in [0.5, 0.6) is 0 Å². The van der Waals surface area contributed by atoms with Crippen molar-refractivity contribution in [3.63, 3.8) is 0 Å². The average Bonchev–Trinajstić information content (AvgIpc) is 2.75. The van der Waals surface area contributed by atoms with Crippen LogP contribution in [0, 0.1) is 5.92 Å². The molecule has 0 radical (unpaired) electrons. The van der Waals surface area contributed by atoms with Crippen LogP contribution in [0.2, 0.25) is 0 Å². The van der Waals surface area contributed by atoms with Gasteiger partial charge in [0, 0.05) is 29.0 Å². The molecule has 0 aromatic carbocycles. The third-order valence-corrected chi connectivity index (χ3v) is 3.01. The molecular weight excluding hydrogens is 308 g/mol. The number of rotatable bonds is 5. The molecule has 0 bridgehead atoms. The minimum atomic E-state index is -0.00759. The van der Waals surface area contributed by atoms with Gasteiger partial charge < -0.3 is 0 Å². The van der Waals surface area contributed by atoms with E-state index in [1.165, 1.54) is 6.33 Å². The molecule has 19 heavy (non-hydrogen) atoms. The van der Waals surface area contributed by atoms with Gasteiger partial charge in [-0.25, -0.2) is 9.67 Å². The minimum absolute atomic E-state index is 0.00759. The van der Waals surface area contributed by atoms with E-state index in [2.05, 4.69) is 44.8 Å². The summed E-state index contributed by atoms with van der Waals surface area (Å²) in [7, 11) is 0. The van der Waals surface area contributed by atoms with Gasteiger partial charge in [0.25, 0.3) is 0 Å². The molecular formula is C13H15BrN4O. The van der Waals surface area contributed by atoms with E-state index >= 15 is 0 Å². The van der Waals surface area contributed by atoms with E-state index in [1.807, 2.05) is 0 Å². The SMILES string of the molecule is CC(C)Cn1ncnc1CC(=O)c1cncc(Br)c1. The van der Waals surface area contributed by atoms with Crippen molar-refractivity contribution in [3.05, 3.63) is 40.6 Å². The highest BCUT2D eigenvalue weighted by molar-refractivity contribution is 9.10. The summed E-state index contributed by atoms with van der Waals surface area (Å²) in [6.07, 6.45) is 4.95. The molecule has 0 aliphatic heterocycles. The van der Waals surface area contributed by atoms with Crippen LogP contribution in [0.4, 0.5) is 0 Å². The number of ketones is 1. The van der Waals surface area contributed by atoms with Gasteiger partial charge in [-0.05, 0) is 27.9 Å². The number of carbonyl (C=O) groups is 1. The van der Waals surface area contributed by atoms with Gasteiger partial charge in [0.1, 0.15) is 12.2 Å². The Morgan fingerprint density at radius 2 is 2.21 bits per heavy atom. The topological polar surface area (TPSA) is 60.7 Å². The molecule has 2 aromatic rings. The quantitative estimate of drug-likeness (QED) is 0.793. The molecule has 0 amide bonds. The van der Waals surface area contributed by atoms with Gasteiger partial charge >= 0.3 is 0 Å². The van der Waals surface area contributed by atoms with E-state index in [4.69, 9.17) is 0 Å². The first kappa shape index (κ1) is 13.9. The number of nitrogens with zero attached hydrogens (tertiary/aromatic N) is 4. The molecule has 2 aromatic heterocycles. The second kappa shape index (κ2) is 6.06. The second-order valence-electron chi connectivity index (χ2n) is 4.74. The Labute approximate surface area is 120 Å². The van der Waals surface area contributed by atoms with E-state index in [1.54, 1.807) is 23.1 Å². The third-order valence-electron chi connectivity index (χ3n) is 2.58. The van der Waals surface area contributed by atoms with Crippen LogP contribution in [0.1, 0.15) is 30.0 Å². The Kier molecular flexibility index (Phi) is 4.42. The van der Waals surface area contributed by atoms with E-state index in [9.17, 15) is 4.79 Å². The van der Waals surface area contributed by atoms with E-state index in [0.29, 0.717) is 17.3 Å². The maximum absolute atomic E-state index is 12.2. The lowest BCUT2D eigenvalue weighted by atomic mass is 10.1. The maximum atomic E-state index is 12.2. The lowest BCUT2D eigenvalue weighted by Crippen LogP contribution is -2.14. The molecule has 0 saturated heterocycles. The summed E-state index contributed by atoms with van der Waals surface area (Å²) < 4.78 is 2.58.